The third kappa shape index (κ3) is 6.38. The van der Waals surface area contributed by atoms with Crippen molar-refractivity contribution in [2.24, 2.45) is 4.99 Å². The van der Waals surface area contributed by atoms with Crippen LogP contribution < -0.4 is 16.0 Å². The molecule has 2 atom stereocenters. The zero-order valence-corrected chi connectivity index (χ0v) is 15.6. The van der Waals surface area contributed by atoms with Gasteiger partial charge in [-0.05, 0) is 32.8 Å². The van der Waals surface area contributed by atoms with Crippen molar-refractivity contribution >= 4 is 11.9 Å². The summed E-state index contributed by atoms with van der Waals surface area (Å²) >= 11 is 0. The minimum atomic E-state index is -0.0507. The molecular formula is C19H31N5O. The van der Waals surface area contributed by atoms with Crippen LogP contribution in [0, 0.1) is 0 Å². The normalized spacial score (nSPS) is 21.2. The van der Waals surface area contributed by atoms with E-state index in [4.69, 9.17) is 0 Å². The highest BCUT2D eigenvalue weighted by Crippen LogP contribution is 2.20. The van der Waals surface area contributed by atoms with Crippen LogP contribution in [-0.2, 0) is 11.3 Å². The van der Waals surface area contributed by atoms with E-state index in [1.807, 2.05) is 13.8 Å². The standard InChI is InChI=1S/C19H31N5O/c1-4-20-18(25)12-22-19(21-5-2)23-17-11-15(3)24(14-17)13-16-9-7-6-8-10-16/h6-10,15,17H,4-5,11-14H2,1-3H3,(H,20,25)(H2,21,22,23). The first kappa shape index (κ1) is 19.2. The molecule has 2 rings (SSSR count). The van der Waals surface area contributed by atoms with Gasteiger partial charge >= 0.3 is 0 Å². The van der Waals surface area contributed by atoms with Gasteiger partial charge in [0, 0.05) is 38.3 Å². The molecule has 1 fully saturated rings. The lowest BCUT2D eigenvalue weighted by molar-refractivity contribution is -0.119. The zero-order valence-electron chi connectivity index (χ0n) is 15.6. The molecule has 1 amide bonds. The van der Waals surface area contributed by atoms with E-state index in [-0.39, 0.29) is 12.5 Å². The van der Waals surface area contributed by atoms with E-state index in [9.17, 15) is 4.79 Å². The van der Waals surface area contributed by atoms with Crippen LogP contribution in [-0.4, -0.2) is 55.0 Å². The quantitative estimate of drug-likeness (QED) is 0.515. The van der Waals surface area contributed by atoms with E-state index in [1.165, 1.54) is 5.56 Å². The van der Waals surface area contributed by atoms with E-state index >= 15 is 0 Å². The number of hydrogen-bond donors (Lipinski definition) is 3. The Morgan fingerprint density at radius 2 is 1.92 bits per heavy atom. The molecule has 0 aromatic heterocycles. The summed E-state index contributed by atoms with van der Waals surface area (Å²) in [4.78, 5) is 18.5. The fourth-order valence-electron chi connectivity index (χ4n) is 3.16. The molecule has 1 aliphatic heterocycles. The number of likely N-dealkylation sites (tertiary alicyclic amines) is 1. The number of aliphatic imine (C=N–C) groups is 1. The highest BCUT2D eigenvalue weighted by molar-refractivity contribution is 5.85. The Balaban J connectivity index is 1.89. The number of hydrogen-bond acceptors (Lipinski definition) is 3. The van der Waals surface area contributed by atoms with Crippen molar-refractivity contribution in [3.05, 3.63) is 35.9 Å². The van der Waals surface area contributed by atoms with E-state index in [0.29, 0.717) is 24.6 Å². The maximum absolute atomic E-state index is 11.6. The molecule has 1 aromatic rings. The van der Waals surface area contributed by atoms with Crippen LogP contribution in [0.3, 0.4) is 0 Å². The predicted molar refractivity (Wildman–Crippen MR) is 103 cm³/mol. The Morgan fingerprint density at radius 3 is 2.60 bits per heavy atom. The fourth-order valence-corrected chi connectivity index (χ4v) is 3.16. The van der Waals surface area contributed by atoms with Crippen molar-refractivity contribution in [1.29, 1.82) is 0 Å². The molecule has 138 valence electrons. The van der Waals surface area contributed by atoms with Crippen molar-refractivity contribution in [3.8, 4) is 0 Å². The van der Waals surface area contributed by atoms with Gasteiger partial charge < -0.3 is 16.0 Å². The van der Waals surface area contributed by atoms with Gasteiger partial charge in [-0.3, -0.25) is 9.69 Å². The minimum absolute atomic E-state index is 0.0507. The lowest BCUT2D eigenvalue weighted by Gasteiger charge is -2.21. The first-order valence-corrected chi connectivity index (χ1v) is 9.21. The van der Waals surface area contributed by atoms with Crippen molar-refractivity contribution < 1.29 is 4.79 Å². The number of nitrogens with zero attached hydrogens (tertiary/aromatic N) is 2. The third-order valence-electron chi connectivity index (χ3n) is 4.37. The highest BCUT2D eigenvalue weighted by atomic mass is 16.1. The van der Waals surface area contributed by atoms with Gasteiger partial charge in [-0.25, -0.2) is 4.99 Å². The van der Waals surface area contributed by atoms with E-state index in [2.05, 4.69) is 63.1 Å². The zero-order chi connectivity index (χ0) is 18.1. The van der Waals surface area contributed by atoms with Gasteiger partial charge in [0.2, 0.25) is 5.91 Å². The first-order valence-electron chi connectivity index (χ1n) is 9.21. The third-order valence-corrected chi connectivity index (χ3v) is 4.37. The molecule has 2 unspecified atom stereocenters. The largest absolute Gasteiger partial charge is 0.357 e. The summed E-state index contributed by atoms with van der Waals surface area (Å²) in [5, 5.41) is 9.47. The Morgan fingerprint density at radius 1 is 1.20 bits per heavy atom. The number of carbonyl (C=O) groups excluding carboxylic acids is 1. The van der Waals surface area contributed by atoms with Gasteiger partial charge in [-0.1, -0.05) is 30.3 Å². The predicted octanol–water partition coefficient (Wildman–Crippen LogP) is 1.34. The molecule has 0 radical (unpaired) electrons. The Bertz CT molecular complexity index is 560. The van der Waals surface area contributed by atoms with Crippen molar-refractivity contribution in [3.63, 3.8) is 0 Å². The number of carbonyl (C=O) groups is 1. The summed E-state index contributed by atoms with van der Waals surface area (Å²) in [6, 6.07) is 11.4. The van der Waals surface area contributed by atoms with E-state index < -0.39 is 0 Å². The number of likely N-dealkylation sites (N-methyl/N-ethyl adjacent to an activating group) is 1. The Hall–Kier alpha value is -2.08. The van der Waals surface area contributed by atoms with Crippen LogP contribution in [0.1, 0.15) is 32.8 Å². The van der Waals surface area contributed by atoms with Crippen molar-refractivity contribution in [2.75, 3.05) is 26.2 Å². The van der Waals surface area contributed by atoms with Crippen LogP contribution in [0.2, 0.25) is 0 Å². The number of amides is 1. The molecule has 1 heterocycles. The van der Waals surface area contributed by atoms with Crippen LogP contribution in [0.15, 0.2) is 35.3 Å². The molecule has 1 aliphatic rings. The molecule has 25 heavy (non-hydrogen) atoms. The molecular weight excluding hydrogens is 314 g/mol. The Kier molecular flexibility index (Phi) is 7.73. The molecule has 1 saturated heterocycles. The average molecular weight is 345 g/mol. The van der Waals surface area contributed by atoms with Gasteiger partial charge in [0.25, 0.3) is 0 Å². The highest BCUT2D eigenvalue weighted by Gasteiger charge is 2.29. The number of nitrogens with one attached hydrogen (secondary N) is 3. The number of benzene rings is 1. The number of guanidine groups is 1. The first-order chi connectivity index (χ1) is 12.1. The van der Waals surface area contributed by atoms with Gasteiger partial charge in [0.05, 0.1) is 0 Å². The summed E-state index contributed by atoms with van der Waals surface area (Å²) in [6.07, 6.45) is 1.07. The monoisotopic (exact) mass is 345 g/mol. The second-order valence-electron chi connectivity index (χ2n) is 6.49. The lowest BCUT2D eigenvalue weighted by atomic mass is 10.2. The molecule has 6 heteroatoms. The average Bonchev–Trinajstić information content (AvgIpc) is 2.93. The van der Waals surface area contributed by atoms with E-state index in [1.54, 1.807) is 0 Å². The summed E-state index contributed by atoms with van der Waals surface area (Å²) in [5.41, 5.74) is 1.34. The molecule has 1 aromatic carbocycles. The molecule has 3 N–H and O–H groups in total. The molecule has 0 bridgehead atoms. The smallest absolute Gasteiger partial charge is 0.241 e. The van der Waals surface area contributed by atoms with Gasteiger partial charge in [0.15, 0.2) is 5.96 Å². The lowest BCUT2D eigenvalue weighted by Crippen LogP contribution is -2.45. The second-order valence-corrected chi connectivity index (χ2v) is 6.49. The van der Waals surface area contributed by atoms with E-state index in [0.717, 1.165) is 26.1 Å². The maximum Gasteiger partial charge on any atom is 0.241 e. The van der Waals surface area contributed by atoms with Crippen molar-refractivity contribution in [1.82, 2.24) is 20.9 Å². The SMILES string of the molecule is CCNC(=O)CN=C(NCC)NC1CC(C)N(Cc2ccccc2)C1. The van der Waals surface area contributed by atoms with Gasteiger partial charge in [-0.15, -0.1) is 0 Å². The van der Waals surface area contributed by atoms with Crippen LogP contribution >= 0.6 is 0 Å². The summed E-state index contributed by atoms with van der Waals surface area (Å²) in [7, 11) is 0. The van der Waals surface area contributed by atoms with Gasteiger partial charge in [0.1, 0.15) is 6.54 Å². The van der Waals surface area contributed by atoms with Crippen molar-refractivity contribution in [2.45, 2.75) is 45.8 Å². The maximum atomic E-state index is 11.6. The molecule has 0 saturated carbocycles. The van der Waals surface area contributed by atoms with Crippen LogP contribution in [0.4, 0.5) is 0 Å². The fraction of sp³-hybridized carbons (Fsp3) is 0.579. The topological polar surface area (TPSA) is 68.8 Å². The summed E-state index contributed by atoms with van der Waals surface area (Å²) in [5.74, 6) is 0.665. The number of rotatable bonds is 7. The van der Waals surface area contributed by atoms with Crippen LogP contribution in [0.25, 0.3) is 0 Å². The summed E-state index contributed by atoms with van der Waals surface area (Å²) in [6.45, 7) is 9.70. The molecule has 0 aliphatic carbocycles. The van der Waals surface area contributed by atoms with Crippen LogP contribution in [0.5, 0.6) is 0 Å². The Labute approximate surface area is 151 Å². The molecule has 6 nitrogen and oxygen atoms in total. The summed E-state index contributed by atoms with van der Waals surface area (Å²) < 4.78 is 0. The second kappa shape index (κ2) is 10.0. The molecule has 0 spiro atoms. The minimum Gasteiger partial charge on any atom is -0.357 e. The van der Waals surface area contributed by atoms with Gasteiger partial charge in [-0.2, -0.15) is 0 Å².